The summed E-state index contributed by atoms with van der Waals surface area (Å²) in [6.45, 7) is 5.14. The fourth-order valence-corrected chi connectivity index (χ4v) is 4.15. The highest BCUT2D eigenvalue weighted by atomic mass is 16.5. The molecule has 1 aliphatic heterocycles. The molecule has 0 bridgehead atoms. The molecule has 2 aromatic carbocycles. The molecule has 35 heavy (non-hydrogen) atoms. The summed E-state index contributed by atoms with van der Waals surface area (Å²) in [4.78, 5) is 29.3. The van der Waals surface area contributed by atoms with Crippen molar-refractivity contribution in [3.05, 3.63) is 94.4 Å². The normalized spacial score (nSPS) is 17.4. The van der Waals surface area contributed by atoms with Crippen molar-refractivity contribution in [3.63, 3.8) is 0 Å². The third-order valence-corrected chi connectivity index (χ3v) is 5.97. The maximum Gasteiger partial charge on any atom is 0.295 e. The number of hydrogen-bond acceptors (Lipinski definition) is 6. The number of likely N-dealkylation sites (tertiary alicyclic amines) is 1. The number of furan rings is 1. The molecule has 1 amide bonds. The van der Waals surface area contributed by atoms with Crippen molar-refractivity contribution in [1.82, 2.24) is 9.80 Å². The van der Waals surface area contributed by atoms with Crippen LogP contribution in [-0.2, 0) is 16.2 Å². The van der Waals surface area contributed by atoms with Crippen LogP contribution in [0.25, 0.3) is 5.76 Å². The molecule has 4 rings (SSSR count). The molecule has 0 spiro atoms. The number of benzene rings is 2. The summed E-state index contributed by atoms with van der Waals surface area (Å²) in [5, 5.41) is 11.2. The van der Waals surface area contributed by atoms with Crippen LogP contribution in [0.2, 0.25) is 0 Å². The molecule has 1 N–H and O–H groups in total. The van der Waals surface area contributed by atoms with Gasteiger partial charge in [-0.2, -0.15) is 0 Å². The molecule has 0 aliphatic carbocycles. The lowest BCUT2D eigenvalue weighted by Gasteiger charge is -2.24. The molecule has 1 fully saturated rings. The molecule has 7 heteroatoms. The molecule has 3 aromatic rings. The Hall–Kier alpha value is -3.84. The maximum absolute atomic E-state index is 13.0. The molecule has 1 saturated heterocycles. The van der Waals surface area contributed by atoms with Gasteiger partial charge in [0.05, 0.1) is 5.57 Å². The van der Waals surface area contributed by atoms with Gasteiger partial charge in [-0.15, -0.1) is 0 Å². The molecule has 0 saturated carbocycles. The van der Waals surface area contributed by atoms with Crippen molar-refractivity contribution >= 4 is 17.4 Å². The number of aliphatic hydroxyl groups excluding tert-OH is 1. The lowest BCUT2D eigenvalue weighted by Crippen LogP contribution is -2.35. The number of amides is 1. The predicted octanol–water partition coefficient (Wildman–Crippen LogP) is 4.46. The van der Waals surface area contributed by atoms with Crippen molar-refractivity contribution < 1.29 is 23.8 Å². The highest BCUT2D eigenvalue weighted by Gasteiger charge is 2.47. The summed E-state index contributed by atoms with van der Waals surface area (Å²) in [5.41, 5.74) is 2.67. The van der Waals surface area contributed by atoms with E-state index in [4.69, 9.17) is 9.15 Å². The minimum atomic E-state index is -0.791. The lowest BCUT2D eigenvalue weighted by atomic mass is 9.99. The van der Waals surface area contributed by atoms with Crippen LogP contribution in [0.4, 0.5) is 0 Å². The minimum Gasteiger partial charge on any atom is -0.507 e. The first-order valence-electron chi connectivity index (χ1n) is 11.5. The molecular formula is C28H30N2O5. The number of carbonyl (C=O) groups is 2. The molecule has 0 radical (unpaired) electrons. The highest BCUT2D eigenvalue weighted by Crippen LogP contribution is 2.40. The van der Waals surface area contributed by atoms with E-state index in [1.807, 2.05) is 44.1 Å². The second-order valence-electron chi connectivity index (χ2n) is 9.05. The summed E-state index contributed by atoms with van der Waals surface area (Å²) in [7, 11) is 3.79. The Bertz CT molecular complexity index is 1260. The van der Waals surface area contributed by atoms with Crippen LogP contribution in [0.1, 0.15) is 34.3 Å². The fraction of sp³-hybridized carbons (Fsp3) is 0.286. The molecule has 7 nitrogen and oxygen atoms in total. The van der Waals surface area contributed by atoms with E-state index in [9.17, 15) is 14.7 Å². The second-order valence-corrected chi connectivity index (χ2v) is 9.05. The summed E-state index contributed by atoms with van der Waals surface area (Å²) < 4.78 is 11.7. The van der Waals surface area contributed by atoms with Crippen molar-refractivity contribution in [2.45, 2.75) is 26.5 Å². The van der Waals surface area contributed by atoms with E-state index in [0.29, 0.717) is 42.5 Å². The molecule has 182 valence electrons. The number of likely N-dealkylation sites (N-methyl/N-ethyl adjacent to an activating group) is 1. The topological polar surface area (TPSA) is 83.2 Å². The minimum absolute atomic E-state index is 0.0246. The fourth-order valence-electron chi connectivity index (χ4n) is 4.15. The van der Waals surface area contributed by atoms with Crippen molar-refractivity contribution in [1.29, 1.82) is 0 Å². The van der Waals surface area contributed by atoms with Gasteiger partial charge >= 0.3 is 0 Å². The largest absolute Gasteiger partial charge is 0.507 e. The number of aryl methyl sites for hydroxylation is 2. The summed E-state index contributed by atoms with van der Waals surface area (Å²) in [6, 6.07) is 17.6. The van der Waals surface area contributed by atoms with Crippen LogP contribution >= 0.6 is 0 Å². The summed E-state index contributed by atoms with van der Waals surface area (Å²) >= 11 is 0. The van der Waals surface area contributed by atoms with Gasteiger partial charge in [-0.25, -0.2) is 0 Å². The Morgan fingerprint density at radius 2 is 1.80 bits per heavy atom. The van der Waals surface area contributed by atoms with Gasteiger partial charge in [-0.3, -0.25) is 9.59 Å². The Morgan fingerprint density at radius 1 is 1.06 bits per heavy atom. The second kappa shape index (κ2) is 10.2. The molecule has 0 unspecified atom stereocenters. The number of carbonyl (C=O) groups excluding carboxylic acids is 2. The molecule has 1 atom stereocenters. The SMILES string of the molecule is Cc1cccc(COc2ccc(C(O)=C3C(=O)C(=O)N(CCN(C)C)[C@H]3c3ccc(C)o3)cc2)c1. The number of Topliss-reactive ketones (excluding diaryl/α,β-unsaturated/α-hetero) is 1. The first-order valence-corrected chi connectivity index (χ1v) is 11.5. The van der Waals surface area contributed by atoms with E-state index < -0.39 is 17.7 Å². The zero-order valence-corrected chi connectivity index (χ0v) is 20.4. The van der Waals surface area contributed by atoms with Gasteiger partial charge in [-0.1, -0.05) is 29.8 Å². The molecule has 1 aromatic heterocycles. The van der Waals surface area contributed by atoms with Gasteiger partial charge in [0.1, 0.15) is 35.7 Å². The van der Waals surface area contributed by atoms with Crippen molar-refractivity contribution in [2.24, 2.45) is 0 Å². The van der Waals surface area contributed by atoms with Gasteiger partial charge in [0, 0.05) is 18.7 Å². The number of ether oxygens (including phenoxy) is 1. The van der Waals surface area contributed by atoms with Crippen LogP contribution in [0.3, 0.4) is 0 Å². The number of ketones is 1. The standard InChI is InChI=1S/C28H30N2O5/c1-18-6-5-7-20(16-18)17-34-22-11-9-21(10-12-22)26(31)24-25(23-13-8-19(2)35-23)30(15-14-29(3)4)28(33)27(24)32/h5-13,16,25,31H,14-15,17H2,1-4H3/t25-/m0/s1. The summed E-state index contributed by atoms with van der Waals surface area (Å²) in [6.07, 6.45) is 0. The molecule has 1 aliphatic rings. The first-order chi connectivity index (χ1) is 16.7. The van der Waals surface area contributed by atoms with E-state index in [-0.39, 0.29) is 11.3 Å². The van der Waals surface area contributed by atoms with E-state index in [2.05, 4.69) is 6.07 Å². The van der Waals surface area contributed by atoms with Gasteiger partial charge in [0.15, 0.2) is 0 Å². The van der Waals surface area contributed by atoms with E-state index >= 15 is 0 Å². The van der Waals surface area contributed by atoms with Gasteiger partial charge in [0.25, 0.3) is 11.7 Å². The maximum atomic E-state index is 13.0. The van der Waals surface area contributed by atoms with Crippen LogP contribution in [0.5, 0.6) is 5.75 Å². The van der Waals surface area contributed by atoms with Gasteiger partial charge in [-0.05, 0) is 69.9 Å². The Kier molecular flexibility index (Phi) is 7.07. The van der Waals surface area contributed by atoms with Crippen LogP contribution in [0, 0.1) is 13.8 Å². The third-order valence-electron chi connectivity index (χ3n) is 5.97. The Labute approximate surface area is 205 Å². The van der Waals surface area contributed by atoms with Crippen molar-refractivity contribution in [2.75, 3.05) is 27.2 Å². The smallest absolute Gasteiger partial charge is 0.295 e. The Morgan fingerprint density at radius 3 is 2.43 bits per heavy atom. The Balaban J connectivity index is 1.62. The average molecular weight is 475 g/mol. The monoisotopic (exact) mass is 474 g/mol. The van der Waals surface area contributed by atoms with Crippen LogP contribution in [-0.4, -0.2) is 53.8 Å². The predicted molar refractivity (Wildman–Crippen MR) is 133 cm³/mol. The third kappa shape index (κ3) is 5.30. The first kappa shape index (κ1) is 24.3. The number of aliphatic hydroxyl groups is 1. The van der Waals surface area contributed by atoms with Gasteiger partial charge in [0.2, 0.25) is 0 Å². The molecule has 2 heterocycles. The lowest BCUT2D eigenvalue weighted by molar-refractivity contribution is -0.140. The highest BCUT2D eigenvalue weighted by molar-refractivity contribution is 6.46. The van der Waals surface area contributed by atoms with E-state index in [1.54, 1.807) is 43.3 Å². The number of rotatable bonds is 8. The van der Waals surface area contributed by atoms with E-state index in [0.717, 1.165) is 11.1 Å². The molecular weight excluding hydrogens is 444 g/mol. The average Bonchev–Trinajstić information content (AvgIpc) is 3.37. The number of hydrogen-bond donors (Lipinski definition) is 1. The zero-order chi connectivity index (χ0) is 25.1. The van der Waals surface area contributed by atoms with Crippen LogP contribution < -0.4 is 4.74 Å². The van der Waals surface area contributed by atoms with Gasteiger partial charge < -0.3 is 24.1 Å². The summed E-state index contributed by atoms with van der Waals surface area (Å²) in [5.74, 6) is 0.131. The number of nitrogens with zero attached hydrogens (tertiary/aromatic N) is 2. The van der Waals surface area contributed by atoms with E-state index in [1.165, 1.54) is 4.90 Å². The van der Waals surface area contributed by atoms with Crippen molar-refractivity contribution in [3.8, 4) is 5.75 Å². The van der Waals surface area contributed by atoms with Crippen LogP contribution in [0.15, 0.2) is 70.7 Å². The quantitative estimate of drug-likeness (QED) is 0.295. The zero-order valence-electron chi connectivity index (χ0n) is 20.4.